The van der Waals surface area contributed by atoms with E-state index in [1.165, 1.54) is 12.1 Å². The SMILES string of the molecule is COCCCn1cc(C)nc1Nc1cc(F)cc(F)c1. The van der Waals surface area contributed by atoms with Gasteiger partial charge in [0.2, 0.25) is 5.95 Å². The monoisotopic (exact) mass is 281 g/mol. The van der Waals surface area contributed by atoms with E-state index in [-0.39, 0.29) is 0 Å². The average molecular weight is 281 g/mol. The van der Waals surface area contributed by atoms with Gasteiger partial charge in [0.05, 0.1) is 5.69 Å². The van der Waals surface area contributed by atoms with Crippen LogP contribution in [0.1, 0.15) is 12.1 Å². The molecule has 2 rings (SSSR count). The van der Waals surface area contributed by atoms with Crippen molar-refractivity contribution in [3.63, 3.8) is 0 Å². The van der Waals surface area contributed by atoms with Gasteiger partial charge in [-0.15, -0.1) is 0 Å². The predicted octanol–water partition coefficient (Wildman–Crippen LogP) is 3.25. The summed E-state index contributed by atoms with van der Waals surface area (Å²) in [5.41, 5.74) is 1.17. The minimum atomic E-state index is -0.623. The number of anilines is 2. The van der Waals surface area contributed by atoms with Crippen molar-refractivity contribution in [2.45, 2.75) is 19.9 Å². The number of hydrogen-bond donors (Lipinski definition) is 1. The highest BCUT2D eigenvalue weighted by atomic mass is 19.1. The third kappa shape index (κ3) is 3.77. The van der Waals surface area contributed by atoms with Crippen LogP contribution in [0.5, 0.6) is 0 Å². The Hall–Kier alpha value is -1.95. The fourth-order valence-corrected chi connectivity index (χ4v) is 1.95. The molecule has 0 aliphatic rings. The highest BCUT2D eigenvalue weighted by molar-refractivity contribution is 5.54. The lowest BCUT2D eigenvalue weighted by Crippen LogP contribution is -2.05. The fourth-order valence-electron chi connectivity index (χ4n) is 1.95. The predicted molar refractivity (Wildman–Crippen MR) is 73.1 cm³/mol. The molecule has 0 bridgehead atoms. The smallest absolute Gasteiger partial charge is 0.207 e. The van der Waals surface area contributed by atoms with Crippen LogP contribution in [0.15, 0.2) is 24.4 Å². The third-order valence-corrected chi connectivity index (χ3v) is 2.76. The zero-order chi connectivity index (χ0) is 14.5. The first-order valence-corrected chi connectivity index (χ1v) is 6.34. The van der Waals surface area contributed by atoms with Gasteiger partial charge in [0, 0.05) is 38.2 Å². The van der Waals surface area contributed by atoms with E-state index in [9.17, 15) is 8.78 Å². The average Bonchev–Trinajstić information content (AvgIpc) is 2.68. The van der Waals surface area contributed by atoms with E-state index in [0.29, 0.717) is 18.2 Å². The molecule has 20 heavy (non-hydrogen) atoms. The van der Waals surface area contributed by atoms with Gasteiger partial charge in [0.15, 0.2) is 0 Å². The zero-order valence-electron chi connectivity index (χ0n) is 11.5. The Morgan fingerprint density at radius 3 is 2.60 bits per heavy atom. The Balaban J connectivity index is 2.15. The van der Waals surface area contributed by atoms with E-state index >= 15 is 0 Å². The molecule has 1 N–H and O–H groups in total. The van der Waals surface area contributed by atoms with Gasteiger partial charge in [0.25, 0.3) is 0 Å². The first-order valence-electron chi connectivity index (χ1n) is 6.34. The number of nitrogens with one attached hydrogen (secondary N) is 1. The summed E-state index contributed by atoms with van der Waals surface area (Å²) in [4.78, 5) is 4.31. The second-order valence-electron chi connectivity index (χ2n) is 4.53. The Bertz CT molecular complexity index is 564. The normalized spacial score (nSPS) is 10.8. The Morgan fingerprint density at radius 1 is 1.25 bits per heavy atom. The molecule has 2 aromatic rings. The van der Waals surface area contributed by atoms with Gasteiger partial charge in [-0.3, -0.25) is 0 Å². The summed E-state index contributed by atoms with van der Waals surface area (Å²) in [6.45, 7) is 3.23. The van der Waals surface area contributed by atoms with Gasteiger partial charge >= 0.3 is 0 Å². The van der Waals surface area contributed by atoms with Crippen LogP contribution in [-0.4, -0.2) is 23.3 Å². The van der Waals surface area contributed by atoms with Crippen molar-refractivity contribution >= 4 is 11.6 Å². The van der Waals surface area contributed by atoms with Crippen molar-refractivity contribution in [1.82, 2.24) is 9.55 Å². The lowest BCUT2D eigenvalue weighted by molar-refractivity contribution is 0.190. The highest BCUT2D eigenvalue weighted by Crippen LogP contribution is 2.19. The number of nitrogens with zero attached hydrogens (tertiary/aromatic N) is 2. The molecule has 1 aromatic heterocycles. The topological polar surface area (TPSA) is 39.1 Å². The van der Waals surface area contributed by atoms with Crippen molar-refractivity contribution in [3.8, 4) is 0 Å². The number of halogens is 2. The van der Waals surface area contributed by atoms with E-state index < -0.39 is 11.6 Å². The van der Waals surface area contributed by atoms with Crippen LogP contribution >= 0.6 is 0 Å². The minimum Gasteiger partial charge on any atom is -0.385 e. The van der Waals surface area contributed by atoms with Gasteiger partial charge in [-0.2, -0.15) is 0 Å². The fraction of sp³-hybridized carbons (Fsp3) is 0.357. The zero-order valence-corrected chi connectivity index (χ0v) is 11.5. The molecule has 1 heterocycles. The molecular formula is C14H17F2N3O. The second kappa shape index (κ2) is 6.47. The van der Waals surface area contributed by atoms with Crippen molar-refractivity contribution in [1.29, 1.82) is 0 Å². The number of methoxy groups -OCH3 is 1. The van der Waals surface area contributed by atoms with Crippen molar-refractivity contribution in [2.75, 3.05) is 19.0 Å². The molecular weight excluding hydrogens is 264 g/mol. The first kappa shape index (κ1) is 14.5. The number of imidazole rings is 1. The largest absolute Gasteiger partial charge is 0.385 e. The first-order chi connectivity index (χ1) is 9.58. The summed E-state index contributed by atoms with van der Waals surface area (Å²) in [5, 5.41) is 2.93. The third-order valence-electron chi connectivity index (χ3n) is 2.76. The maximum Gasteiger partial charge on any atom is 0.207 e. The van der Waals surface area contributed by atoms with Gasteiger partial charge in [-0.1, -0.05) is 0 Å². The van der Waals surface area contributed by atoms with Crippen molar-refractivity contribution in [2.24, 2.45) is 0 Å². The minimum absolute atomic E-state index is 0.334. The number of aromatic nitrogens is 2. The van der Waals surface area contributed by atoms with Gasteiger partial charge in [0.1, 0.15) is 11.6 Å². The molecule has 1 aromatic carbocycles. The van der Waals surface area contributed by atoms with E-state index in [4.69, 9.17) is 4.74 Å². The second-order valence-corrected chi connectivity index (χ2v) is 4.53. The van der Waals surface area contributed by atoms with Crippen LogP contribution in [0, 0.1) is 18.6 Å². The number of benzene rings is 1. The molecule has 0 fully saturated rings. The molecule has 0 saturated carbocycles. The van der Waals surface area contributed by atoms with E-state index in [1.807, 2.05) is 17.7 Å². The summed E-state index contributed by atoms with van der Waals surface area (Å²) in [5.74, 6) is -0.688. The molecule has 0 unspecified atom stereocenters. The van der Waals surface area contributed by atoms with Gasteiger partial charge in [-0.05, 0) is 25.5 Å². The Kier molecular flexibility index (Phi) is 4.68. The lowest BCUT2D eigenvalue weighted by atomic mass is 10.3. The molecule has 108 valence electrons. The van der Waals surface area contributed by atoms with Crippen LogP contribution in [0.4, 0.5) is 20.4 Å². The molecule has 4 nitrogen and oxygen atoms in total. The number of ether oxygens (including phenoxy) is 1. The lowest BCUT2D eigenvalue weighted by Gasteiger charge is -2.09. The highest BCUT2D eigenvalue weighted by Gasteiger charge is 2.07. The quantitative estimate of drug-likeness (QED) is 0.826. The van der Waals surface area contributed by atoms with Crippen molar-refractivity contribution < 1.29 is 13.5 Å². The molecule has 6 heteroatoms. The maximum absolute atomic E-state index is 13.2. The van der Waals surface area contributed by atoms with E-state index in [2.05, 4.69) is 10.3 Å². The van der Waals surface area contributed by atoms with E-state index in [1.54, 1.807) is 7.11 Å². The van der Waals surface area contributed by atoms with Crippen LogP contribution in [-0.2, 0) is 11.3 Å². The van der Waals surface area contributed by atoms with Crippen LogP contribution < -0.4 is 5.32 Å². The number of rotatable bonds is 6. The molecule has 0 radical (unpaired) electrons. The summed E-state index contributed by atoms with van der Waals surface area (Å²) in [6.07, 6.45) is 2.71. The standard InChI is InChI=1S/C14H17F2N3O/c1-10-9-19(4-3-5-20-2)14(17-10)18-13-7-11(15)6-12(16)8-13/h6-9H,3-5H2,1-2H3,(H,17,18). The van der Waals surface area contributed by atoms with Crippen LogP contribution in [0.3, 0.4) is 0 Å². The Labute approximate surface area is 116 Å². The molecule has 0 amide bonds. The summed E-state index contributed by atoms with van der Waals surface area (Å²) >= 11 is 0. The maximum atomic E-state index is 13.2. The molecule has 0 aliphatic heterocycles. The molecule has 0 atom stereocenters. The van der Waals surface area contributed by atoms with Gasteiger partial charge < -0.3 is 14.6 Å². The molecule has 0 spiro atoms. The van der Waals surface area contributed by atoms with Crippen LogP contribution in [0.2, 0.25) is 0 Å². The van der Waals surface area contributed by atoms with E-state index in [0.717, 1.165) is 24.7 Å². The summed E-state index contributed by atoms with van der Waals surface area (Å²) in [7, 11) is 1.65. The van der Waals surface area contributed by atoms with Crippen molar-refractivity contribution in [3.05, 3.63) is 41.7 Å². The Morgan fingerprint density at radius 2 is 1.95 bits per heavy atom. The summed E-state index contributed by atoms with van der Waals surface area (Å²) < 4.78 is 33.2. The summed E-state index contributed by atoms with van der Waals surface area (Å²) in [6, 6.07) is 3.29. The molecule has 0 saturated heterocycles. The van der Waals surface area contributed by atoms with Crippen LogP contribution in [0.25, 0.3) is 0 Å². The molecule has 0 aliphatic carbocycles. The number of aryl methyl sites for hydroxylation is 2. The van der Waals surface area contributed by atoms with Gasteiger partial charge in [-0.25, -0.2) is 13.8 Å². The number of hydrogen-bond acceptors (Lipinski definition) is 3.